The standard InChI is InChI=1S/C24H30N2O6/c1-24(2,3)32-23(30)26-19(14-17-10-6-4-7-11-17)21(28)25-20(15-27)22(29)31-16-18-12-8-5-9-13-18/h4-13,19-20,27H,14-16H2,1-3H3,(H,25,28)(H,26,30). The molecule has 32 heavy (non-hydrogen) atoms. The van der Waals surface area contributed by atoms with E-state index in [0.717, 1.165) is 11.1 Å². The molecule has 0 heterocycles. The van der Waals surface area contributed by atoms with Crippen molar-refractivity contribution in [3.8, 4) is 0 Å². The second-order valence-corrected chi connectivity index (χ2v) is 8.23. The number of carbonyl (C=O) groups excluding carboxylic acids is 3. The van der Waals surface area contributed by atoms with Gasteiger partial charge in [-0.1, -0.05) is 60.7 Å². The average Bonchev–Trinajstić information content (AvgIpc) is 2.75. The minimum absolute atomic E-state index is 0.00957. The number of benzene rings is 2. The van der Waals surface area contributed by atoms with Gasteiger partial charge in [0, 0.05) is 6.42 Å². The van der Waals surface area contributed by atoms with E-state index in [1.165, 1.54) is 0 Å². The van der Waals surface area contributed by atoms with Gasteiger partial charge in [0.25, 0.3) is 0 Å². The van der Waals surface area contributed by atoms with Gasteiger partial charge in [0.1, 0.15) is 18.2 Å². The first-order chi connectivity index (χ1) is 15.2. The van der Waals surface area contributed by atoms with Gasteiger partial charge in [-0.25, -0.2) is 9.59 Å². The molecule has 0 spiro atoms. The van der Waals surface area contributed by atoms with E-state index in [2.05, 4.69) is 10.6 Å². The van der Waals surface area contributed by atoms with E-state index in [1.807, 2.05) is 48.5 Å². The van der Waals surface area contributed by atoms with Gasteiger partial charge in [-0.05, 0) is 31.9 Å². The summed E-state index contributed by atoms with van der Waals surface area (Å²) >= 11 is 0. The maximum Gasteiger partial charge on any atom is 0.408 e. The van der Waals surface area contributed by atoms with Gasteiger partial charge in [-0.3, -0.25) is 4.79 Å². The van der Waals surface area contributed by atoms with Gasteiger partial charge < -0.3 is 25.2 Å². The van der Waals surface area contributed by atoms with Gasteiger partial charge in [-0.15, -0.1) is 0 Å². The SMILES string of the molecule is CC(C)(C)OC(=O)NC(Cc1ccccc1)C(=O)NC(CO)C(=O)OCc1ccccc1. The van der Waals surface area contributed by atoms with Crippen LogP contribution in [0.1, 0.15) is 31.9 Å². The van der Waals surface area contributed by atoms with Crippen molar-refractivity contribution in [1.82, 2.24) is 10.6 Å². The molecular formula is C24H30N2O6. The lowest BCUT2D eigenvalue weighted by molar-refractivity contribution is -0.150. The zero-order valence-corrected chi connectivity index (χ0v) is 18.5. The quantitative estimate of drug-likeness (QED) is 0.514. The Bertz CT molecular complexity index is 880. The molecule has 0 aliphatic heterocycles. The molecular weight excluding hydrogens is 412 g/mol. The van der Waals surface area contributed by atoms with E-state index in [-0.39, 0.29) is 13.0 Å². The van der Waals surface area contributed by atoms with Crippen LogP contribution in [0.2, 0.25) is 0 Å². The molecule has 0 saturated carbocycles. The summed E-state index contributed by atoms with van der Waals surface area (Å²) in [6, 6.07) is 15.8. The number of esters is 1. The highest BCUT2D eigenvalue weighted by Gasteiger charge is 2.29. The van der Waals surface area contributed by atoms with Gasteiger partial charge in [0.05, 0.1) is 6.61 Å². The van der Waals surface area contributed by atoms with Crippen LogP contribution < -0.4 is 10.6 Å². The molecule has 2 rings (SSSR count). The molecule has 0 aliphatic rings. The monoisotopic (exact) mass is 442 g/mol. The number of hydrogen-bond acceptors (Lipinski definition) is 6. The summed E-state index contributed by atoms with van der Waals surface area (Å²) in [6.45, 7) is 4.50. The van der Waals surface area contributed by atoms with Crippen LogP contribution in [0.25, 0.3) is 0 Å². The zero-order valence-electron chi connectivity index (χ0n) is 18.5. The van der Waals surface area contributed by atoms with E-state index >= 15 is 0 Å². The summed E-state index contributed by atoms with van der Waals surface area (Å²) in [6.07, 6.45) is -0.593. The summed E-state index contributed by atoms with van der Waals surface area (Å²) in [7, 11) is 0. The van der Waals surface area contributed by atoms with Crippen molar-refractivity contribution >= 4 is 18.0 Å². The maximum absolute atomic E-state index is 12.9. The Morgan fingerprint density at radius 3 is 1.97 bits per heavy atom. The third-order valence-corrected chi connectivity index (χ3v) is 4.30. The number of ether oxygens (including phenoxy) is 2. The summed E-state index contributed by atoms with van der Waals surface area (Å²) in [5.41, 5.74) is 0.834. The summed E-state index contributed by atoms with van der Waals surface area (Å²) in [5, 5.41) is 14.6. The van der Waals surface area contributed by atoms with Crippen LogP contribution >= 0.6 is 0 Å². The van der Waals surface area contributed by atoms with Crippen LogP contribution in [0, 0.1) is 0 Å². The van der Waals surface area contributed by atoms with Gasteiger partial charge in [0.15, 0.2) is 6.04 Å². The fourth-order valence-electron chi connectivity index (χ4n) is 2.79. The first-order valence-electron chi connectivity index (χ1n) is 10.3. The molecule has 2 aromatic rings. The highest BCUT2D eigenvalue weighted by Crippen LogP contribution is 2.09. The average molecular weight is 443 g/mol. The molecule has 3 N–H and O–H groups in total. The second-order valence-electron chi connectivity index (χ2n) is 8.23. The topological polar surface area (TPSA) is 114 Å². The largest absolute Gasteiger partial charge is 0.459 e. The third kappa shape index (κ3) is 8.77. The number of aliphatic hydroxyl groups excluding tert-OH is 1. The van der Waals surface area contributed by atoms with E-state index < -0.39 is 42.3 Å². The van der Waals surface area contributed by atoms with Crippen molar-refractivity contribution in [2.75, 3.05) is 6.61 Å². The van der Waals surface area contributed by atoms with Crippen LogP contribution in [0.4, 0.5) is 4.79 Å². The Kier molecular flexibility index (Phi) is 9.22. The Labute approximate surface area is 187 Å². The Morgan fingerprint density at radius 1 is 0.875 bits per heavy atom. The summed E-state index contributed by atoms with van der Waals surface area (Å²) in [5.74, 6) is -1.42. The number of alkyl carbamates (subject to hydrolysis) is 1. The van der Waals surface area contributed by atoms with Crippen LogP contribution in [-0.4, -0.2) is 47.4 Å². The molecule has 0 radical (unpaired) electrons. The van der Waals surface area contributed by atoms with Gasteiger partial charge in [0.2, 0.25) is 5.91 Å². The normalized spacial score (nSPS) is 12.9. The number of hydrogen-bond donors (Lipinski definition) is 3. The highest BCUT2D eigenvalue weighted by atomic mass is 16.6. The number of nitrogens with one attached hydrogen (secondary N) is 2. The first-order valence-corrected chi connectivity index (χ1v) is 10.3. The van der Waals surface area contributed by atoms with E-state index in [1.54, 1.807) is 32.9 Å². The first kappa shape index (κ1) is 24.9. The molecule has 0 aliphatic carbocycles. The molecule has 2 amide bonds. The van der Waals surface area contributed by atoms with Gasteiger partial charge in [-0.2, -0.15) is 0 Å². The summed E-state index contributed by atoms with van der Waals surface area (Å²) in [4.78, 5) is 37.5. The number of rotatable bonds is 9. The van der Waals surface area contributed by atoms with Crippen molar-refractivity contribution in [3.05, 3.63) is 71.8 Å². The predicted molar refractivity (Wildman–Crippen MR) is 119 cm³/mol. The molecule has 8 nitrogen and oxygen atoms in total. The lowest BCUT2D eigenvalue weighted by Gasteiger charge is -2.24. The van der Waals surface area contributed by atoms with Crippen molar-refractivity contribution in [2.45, 2.75) is 51.5 Å². The molecule has 2 atom stereocenters. The van der Waals surface area contributed by atoms with E-state index in [9.17, 15) is 19.5 Å². The van der Waals surface area contributed by atoms with E-state index in [4.69, 9.17) is 9.47 Å². The van der Waals surface area contributed by atoms with Crippen LogP contribution in [0.15, 0.2) is 60.7 Å². The second kappa shape index (κ2) is 11.9. The minimum Gasteiger partial charge on any atom is -0.459 e. The number of aliphatic hydroxyl groups is 1. The van der Waals surface area contributed by atoms with Crippen LogP contribution in [-0.2, 0) is 32.1 Å². The number of carbonyl (C=O) groups is 3. The molecule has 0 saturated heterocycles. The van der Waals surface area contributed by atoms with E-state index in [0.29, 0.717) is 0 Å². The molecule has 2 aromatic carbocycles. The Morgan fingerprint density at radius 2 is 1.44 bits per heavy atom. The van der Waals surface area contributed by atoms with Crippen LogP contribution in [0.5, 0.6) is 0 Å². The maximum atomic E-state index is 12.9. The van der Waals surface area contributed by atoms with Gasteiger partial charge >= 0.3 is 12.1 Å². The molecule has 0 bridgehead atoms. The zero-order chi connectivity index (χ0) is 23.6. The van der Waals surface area contributed by atoms with Crippen molar-refractivity contribution < 1.29 is 29.0 Å². The van der Waals surface area contributed by atoms with Crippen molar-refractivity contribution in [3.63, 3.8) is 0 Å². The Balaban J connectivity index is 2.04. The molecule has 172 valence electrons. The van der Waals surface area contributed by atoms with Crippen molar-refractivity contribution in [1.29, 1.82) is 0 Å². The van der Waals surface area contributed by atoms with Crippen LogP contribution in [0.3, 0.4) is 0 Å². The third-order valence-electron chi connectivity index (χ3n) is 4.30. The molecule has 0 fully saturated rings. The van der Waals surface area contributed by atoms with Crippen molar-refractivity contribution in [2.24, 2.45) is 0 Å². The predicted octanol–water partition coefficient (Wildman–Crippen LogP) is 2.34. The highest BCUT2D eigenvalue weighted by molar-refractivity contribution is 5.90. The minimum atomic E-state index is -1.27. The lowest BCUT2D eigenvalue weighted by Crippen LogP contribution is -2.54. The Hall–Kier alpha value is -3.39. The fourth-order valence-corrected chi connectivity index (χ4v) is 2.79. The molecule has 0 aromatic heterocycles. The fraction of sp³-hybridized carbons (Fsp3) is 0.375. The molecule has 2 unspecified atom stereocenters. The smallest absolute Gasteiger partial charge is 0.408 e. The number of amides is 2. The lowest BCUT2D eigenvalue weighted by atomic mass is 10.0. The summed E-state index contributed by atoms with van der Waals surface area (Å²) < 4.78 is 10.5. The molecule has 8 heteroatoms.